The molecular weight excluding hydrogens is 696 g/mol. The van der Waals surface area contributed by atoms with Gasteiger partial charge in [-0.1, -0.05) is 62.4 Å². The summed E-state index contributed by atoms with van der Waals surface area (Å²) in [5, 5.41) is 41.0. The Bertz CT molecular complexity index is 2010. The summed E-state index contributed by atoms with van der Waals surface area (Å²) in [5.41, 5.74) is 3.63. The van der Waals surface area contributed by atoms with Crippen LogP contribution in [0.4, 0.5) is 23.2 Å². The van der Waals surface area contributed by atoms with Gasteiger partial charge in [-0.05, 0) is 66.3 Å². The van der Waals surface area contributed by atoms with Gasteiger partial charge < -0.3 is 30.3 Å². The number of amides is 1. The molecule has 5 rings (SSSR count). The molecule has 0 unspecified atom stereocenters. The summed E-state index contributed by atoms with van der Waals surface area (Å²) < 4.78 is 53.2. The van der Waals surface area contributed by atoms with Gasteiger partial charge >= 0.3 is 11.9 Å². The molecule has 0 spiro atoms. The average Bonchev–Trinajstić information content (AvgIpc) is 3.43. The third-order valence-corrected chi connectivity index (χ3v) is 8.15. The number of carboxylic acids is 2. The standard InChI is InChI=1S/C33H35FN2O5.C7H3F3O2/c1-21(2)31-30(33(41)35-25-11-7-4-8-12-25)29(22-9-5-3-6-10-22)32(23-13-15-24(34)16-14-23)36(31)18-17-26(37)19-27(38)20-28(39)40;8-3-1-4(9)6(7(11)12)5(10)2-3/h3-16,21,26-27,37-38H,17-20H2,1-2H3,(H,35,41)(H,39,40);1-2H,(H,11,12)/t26-,27-;/m1./s1. The van der Waals surface area contributed by atoms with Gasteiger partial charge in [-0.2, -0.15) is 0 Å². The van der Waals surface area contributed by atoms with Crippen LogP contribution in [0.1, 0.15) is 65.4 Å². The fourth-order valence-electron chi connectivity index (χ4n) is 5.95. The highest BCUT2D eigenvalue weighted by Crippen LogP contribution is 2.42. The van der Waals surface area contributed by atoms with E-state index in [-0.39, 0.29) is 37.0 Å². The largest absolute Gasteiger partial charge is 0.481 e. The highest BCUT2D eigenvalue weighted by Gasteiger charge is 2.31. The molecule has 0 aliphatic heterocycles. The van der Waals surface area contributed by atoms with Gasteiger partial charge in [0.15, 0.2) is 0 Å². The molecular formula is C40H38F4N2O7. The number of nitrogens with one attached hydrogen (secondary N) is 1. The molecule has 1 aromatic heterocycles. The van der Waals surface area contributed by atoms with E-state index in [4.69, 9.17) is 10.2 Å². The highest BCUT2D eigenvalue weighted by molar-refractivity contribution is 6.12. The van der Waals surface area contributed by atoms with Gasteiger partial charge in [0.05, 0.1) is 29.9 Å². The number of carbonyl (C=O) groups excluding carboxylic acids is 1. The molecule has 9 nitrogen and oxygen atoms in total. The van der Waals surface area contributed by atoms with Crippen molar-refractivity contribution in [2.75, 3.05) is 5.32 Å². The monoisotopic (exact) mass is 734 g/mol. The van der Waals surface area contributed by atoms with Crippen LogP contribution in [0.2, 0.25) is 0 Å². The first-order chi connectivity index (χ1) is 25.2. The number of carboxylic acid groups (broad SMARTS) is 2. The number of aromatic nitrogens is 1. The first kappa shape index (κ1) is 40.0. The van der Waals surface area contributed by atoms with E-state index in [2.05, 4.69) is 5.32 Å². The number of carbonyl (C=O) groups is 3. The van der Waals surface area contributed by atoms with Gasteiger partial charge in [-0.15, -0.1) is 0 Å². The molecule has 1 amide bonds. The van der Waals surface area contributed by atoms with Crippen LogP contribution >= 0.6 is 0 Å². The van der Waals surface area contributed by atoms with Crippen molar-refractivity contribution in [3.8, 4) is 22.4 Å². The average molecular weight is 735 g/mol. The lowest BCUT2D eigenvalue weighted by Crippen LogP contribution is -2.22. The molecule has 2 atom stereocenters. The fraction of sp³-hybridized carbons (Fsp3) is 0.225. The Morgan fingerprint density at radius 3 is 1.81 bits per heavy atom. The van der Waals surface area contributed by atoms with E-state index >= 15 is 0 Å². The van der Waals surface area contributed by atoms with Crippen LogP contribution in [0.25, 0.3) is 22.4 Å². The molecule has 0 aliphatic carbocycles. The molecule has 0 radical (unpaired) electrons. The lowest BCUT2D eigenvalue weighted by Gasteiger charge is -2.20. The maximum absolute atomic E-state index is 14.0. The number of rotatable bonds is 13. The normalized spacial score (nSPS) is 12.1. The van der Waals surface area contributed by atoms with Gasteiger partial charge in [0.2, 0.25) is 0 Å². The zero-order valence-corrected chi connectivity index (χ0v) is 28.8. The van der Waals surface area contributed by atoms with Crippen LogP contribution < -0.4 is 5.32 Å². The number of aromatic carboxylic acids is 1. The van der Waals surface area contributed by atoms with Crippen molar-refractivity contribution in [3.63, 3.8) is 0 Å². The number of hydrogen-bond donors (Lipinski definition) is 5. The lowest BCUT2D eigenvalue weighted by atomic mass is 9.94. The topological polar surface area (TPSA) is 149 Å². The molecule has 0 fully saturated rings. The molecule has 0 saturated carbocycles. The molecule has 1 heterocycles. The summed E-state index contributed by atoms with van der Waals surface area (Å²) in [5.74, 6) is -7.67. The van der Waals surface area contributed by atoms with Crippen LogP contribution in [0, 0.1) is 23.3 Å². The second kappa shape index (κ2) is 18.1. The Morgan fingerprint density at radius 2 is 1.28 bits per heavy atom. The van der Waals surface area contributed by atoms with E-state index in [0.717, 1.165) is 11.3 Å². The molecule has 4 aromatic carbocycles. The smallest absolute Gasteiger partial charge is 0.341 e. The van der Waals surface area contributed by atoms with Crippen molar-refractivity contribution < 1.29 is 52.4 Å². The molecule has 278 valence electrons. The quantitative estimate of drug-likeness (QED) is 0.0768. The zero-order valence-electron chi connectivity index (χ0n) is 28.8. The van der Waals surface area contributed by atoms with Crippen molar-refractivity contribution in [1.29, 1.82) is 0 Å². The summed E-state index contributed by atoms with van der Waals surface area (Å²) in [6, 6.07) is 25.4. The minimum Gasteiger partial charge on any atom is -0.481 e. The minimum absolute atomic E-state index is 0.0939. The Hall–Kier alpha value is -5.79. The Balaban J connectivity index is 0.000000443. The number of aliphatic hydroxyl groups excluding tert-OH is 2. The molecule has 13 heteroatoms. The summed E-state index contributed by atoms with van der Waals surface area (Å²) >= 11 is 0. The van der Waals surface area contributed by atoms with E-state index in [1.165, 1.54) is 12.1 Å². The van der Waals surface area contributed by atoms with Crippen LogP contribution in [0.15, 0.2) is 97.1 Å². The maximum Gasteiger partial charge on any atom is 0.341 e. The first-order valence-electron chi connectivity index (χ1n) is 16.6. The summed E-state index contributed by atoms with van der Waals surface area (Å²) in [6.07, 6.45) is -2.51. The minimum atomic E-state index is -1.76. The summed E-state index contributed by atoms with van der Waals surface area (Å²) in [6.45, 7) is 4.25. The van der Waals surface area contributed by atoms with Gasteiger partial charge in [-0.25, -0.2) is 22.4 Å². The second-order valence-electron chi connectivity index (χ2n) is 12.5. The number of aliphatic carboxylic acids is 1. The van der Waals surface area contributed by atoms with Crippen LogP contribution in [-0.4, -0.2) is 55.0 Å². The van der Waals surface area contributed by atoms with Gasteiger partial charge in [0.1, 0.15) is 28.8 Å². The third kappa shape index (κ3) is 10.4. The van der Waals surface area contributed by atoms with Crippen molar-refractivity contribution >= 4 is 23.5 Å². The predicted octanol–water partition coefficient (Wildman–Crippen LogP) is 8.12. The van der Waals surface area contributed by atoms with Gasteiger partial charge in [-0.3, -0.25) is 9.59 Å². The predicted molar refractivity (Wildman–Crippen MR) is 191 cm³/mol. The fourth-order valence-corrected chi connectivity index (χ4v) is 5.95. The highest BCUT2D eigenvalue weighted by atomic mass is 19.1. The molecule has 53 heavy (non-hydrogen) atoms. The number of halogens is 4. The molecule has 5 aromatic rings. The van der Waals surface area contributed by atoms with Gasteiger partial charge in [0.25, 0.3) is 5.91 Å². The lowest BCUT2D eigenvalue weighted by molar-refractivity contribution is -0.139. The van der Waals surface area contributed by atoms with Crippen LogP contribution in [0.5, 0.6) is 0 Å². The molecule has 5 N–H and O–H groups in total. The number of para-hydroxylation sites is 1. The summed E-state index contributed by atoms with van der Waals surface area (Å²) in [4.78, 5) is 35.2. The van der Waals surface area contributed by atoms with Crippen molar-refractivity contribution in [2.24, 2.45) is 0 Å². The Kier molecular flexibility index (Phi) is 13.7. The maximum atomic E-state index is 14.0. The molecule has 0 saturated heterocycles. The van der Waals surface area contributed by atoms with E-state index in [1.807, 2.05) is 79.1 Å². The third-order valence-electron chi connectivity index (χ3n) is 8.15. The second-order valence-corrected chi connectivity index (χ2v) is 12.5. The number of hydrogen-bond acceptors (Lipinski definition) is 5. The van der Waals surface area contributed by atoms with E-state index in [0.29, 0.717) is 40.2 Å². The first-order valence-corrected chi connectivity index (χ1v) is 16.6. The SMILES string of the molecule is CC(C)c1c(C(=O)Nc2ccccc2)c(-c2ccccc2)c(-c2ccc(F)cc2)n1CC[C@@H](O)C[C@@H](O)CC(=O)O.O=C(O)c1c(F)cc(F)cc1F. The van der Waals surface area contributed by atoms with Crippen molar-refractivity contribution in [1.82, 2.24) is 4.57 Å². The Labute approximate surface area is 302 Å². The van der Waals surface area contributed by atoms with E-state index in [1.54, 1.807) is 12.1 Å². The van der Waals surface area contributed by atoms with Gasteiger partial charge in [0, 0.05) is 35.6 Å². The number of nitrogens with zero attached hydrogens (tertiary/aromatic N) is 1. The Morgan fingerprint density at radius 1 is 0.717 bits per heavy atom. The van der Waals surface area contributed by atoms with Crippen molar-refractivity contribution in [3.05, 3.63) is 137 Å². The molecule has 0 bridgehead atoms. The van der Waals surface area contributed by atoms with Crippen LogP contribution in [-0.2, 0) is 11.3 Å². The van der Waals surface area contributed by atoms with Crippen LogP contribution in [0.3, 0.4) is 0 Å². The number of benzene rings is 4. The zero-order chi connectivity index (χ0) is 38.8. The summed E-state index contributed by atoms with van der Waals surface area (Å²) in [7, 11) is 0. The van der Waals surface area contributed by atoms with Crippen molar-refractivity contribution in [2.45, 2.75) is 57.8 Å². The number of anilines is 1. The molecule has 0 aliphatic rings. The van der Waals surface area contributed by atoms with E-state index in [9.17, 15) is 42.2 Å². The van der Waals surface area contributed by atoms with E-state index < -0.39 is 53.6 Å². The number of aliphatic hydroxyl groups is 2.